The van der Waals surface area contributed by atoms with E-state index in [0.717, 1.165) is 24.6 Å². The predicted octanol–water partition coefficient (Wildman–Crippen LogP) is 1.35. The van der Waals surface area contributed by atoms with Crippen molar-refractivity contribution in [2.75, 3.05) is 7.11 Å². The van der Waals surface area contributed by atoms with E-state index in [-0.39, 0.29) is 5.97 Å². The molecule has 0 saturated heterocycles. The van der Waals surface area contributed by atoms with Gasteiger partial charge in [0.05, 0.1) is 19.7 Å². The zero-order chi connectivity index (χ0) is 19.1. The van der Waals surface area contributed by atoms with Gasteiger partial charge < -0.3 is 4.74 Å². The number of carbonyl (C=O) groups is 1. The van der Waals surface area contributed by atoms with Crippen molar-refractivity contribution in [3.8, 4) is 0 Å². The van der Waals surface area contributed by atoms with Crippen LogP contribution in [-0.4, -0.2) is 32.3 Å². The van der Waals surface area contributed by atoms with Crippen molar-refractivity contribution in [1.29, 1.82) is 0 Å². The maximum Gasteiger partial charge on any atom is 0.338 e. The lowest BCUT2D eigenvalue weighted by Crippen LogP contribution is -2.32. The SMILES string of the molecule is COC(=O)c1ccc(BBBI)cc1P(c1ccccc1)c1ccccc1. The fourth-order valence-electron chi connectivity index (χ4n) is 3.05. The van der Waals surface area contributed by atoms with Crippen LogP contribution in [0.4, 0.5) is 0 Å². The topological polar surface area (TPSA) is 26.3 Å². The number of ether oxygens (including phenoxy) is 1. The Morgan fingerprint density at radius 3 is 2.04 bits per heavy atom. The lowest BCUT2D eigenvalue weighted by molar-refractivity contribution is 0.0602. The minimum atomic E-state index is -0.839. The largest absolute Gasteiger partial charge is 0.465 e. The number of halogens is 1. The molecule has 0 aliphatic carbocycles. The quantitative estimate of drug-likeness (QED) is 0.220. The normalized spacial score (nSPS) is 10.3. The van der Waals surface area contributed by atoms with Crippen molar-refractivity contribution in [2.45, 2.75) is 0 Å². The van der Waals surface area contributed by atoms with Crippen molar-refractivity contribution in [2.24, 2.45) is 0 Å². The first-order chi connectivity index (χ1) is 13.2. The monoisotopic (exact) mass is 482 g/mol. The van der Waals surface area contributed by atoms with Crippen molar-refractivity contribution in [3.63, 3.8) is 0 Å². The number of esters is 1. The summed E-state index contributed by atoms with van der Waals surface area (Å²) >= 11 is 2.41. The maximum absolute atomic E-state index is 12.5. The fraction of sp³-hybridized carbons (Fsp3) is 0.0500. The third kappa shape index (κ3) is 5.06. The Bertz CT molecular complexity index is 855. The minimum Gasteiger partial charge on any atom is -0.465 e. The van der Waals surface area contributed by atoms with Crippen molar-refractivity contribution in [1.82, 2.24) is 0 Å². The summed E-state index contributed by atoms with van der Waals surface area (Å²) in [5, 5.41) is 4.66. The average molecular weight is 482 g/mol. The molecule has 0 spiro atoms. The molecule has 0 aliphatic rings. The minimum absolute atomic E-state index is 0.273. The molecule has 2 nitrogen and oxygen atoms in total. The Balaban J connectivity index is 2.19. The van der Waals surface area contributed by atoms with Gasteiger partial charge in [0.15, 0.2) is 5.03 Å². The molecule has 3 aromatic carbocycles. The second kappa shape index (κ2) is 10.1. The van der Waals surface area contributed by atoms with Gasteiger partial charge in [0, 0.05) is 0 Å². The van der Waals surface area contributed by atoms with Gasteiger partial charge in [-0.3, -0.25) is 0 Å². The molecule has 0 aliphatic heterocycles. The highest BCUT2D eigenvalue weighted by Crippen LogP contribution is 2.33. The van der Waals surface area contributed by atoms with E-state index < -0.39 is 7.92 Å². The van der Waals surface area contributed by atoms with Crippen LogP contribution in [0.1, 0.15) is 10.4 Å². The first-order valence-corrected chi connectivity index (χ1v) is 11.8. The van der Waals surface area contributed by atoms with Crippen molar-refractivity contribution in [3.05, 3.63) is 84.4 Å². The van der Waals surface area contributed by atoms with Crippen LogP contribution in [0, 0.1) is 0 Å². The highest BCUT2D eigenvalue weighted by atomic mass is 127. The van der Waals surface area contributed by atoms with Gasteiger partial charge in [0.25, 0.3) is 0 Å². The highest BCUT2D eigenvalue weighted by molar-refractivity contribution is 14.1. The standard InChI is InChI=1S/C20H19B3IO2P/c1-26-20(25)18-13-12-15(21-22-23-24)14-19(18)27(16-8-4-2-5-9-16)17-10-6-3-7-11-17/h2-14,21-23H,1H3. The summed E-state index contributed by atoms with van der Waals surface area (Å²) in [5.74, 6) is -0.273. The van der Waals surface area contributed by atoms with Gasteiger partial charge >= 0.3 is 5.97 Å². The van der Waals surface area contributed by atoms with E-state index in [0.29, 0.717) is 5.56 Å². The van der Waals surface area contributed by atoms with E-state index in [4.69, 9.17) is 4.74 Å². The third-order valence-electron chi connectivity index (χ3n) is 4.34. The molecule has 0 aromatic heterocycles. The van der Waals surface area contributed by atoms with E-state index in [2.05, 4.69) is 83.0 Å². The summed E-state index contributed by atoms with van der Waals surface area (Å²) in [6, 6.07) is 27.1. The Morgan fingerprint density at radius 1 is 0.926 bits per heavy atom. The second-order valence-electron chi connectivity index (χ2n) is 6.14. The lowest BCUT2D eigenvalue weighted by Gasteiger charge is -2.22. The summed E-state index contributed by atoms with van der Waals surface area (Å²) < 4.78 is 5.09. The van der Waals surface area contributed by atoms with E-state index in [1.54, 1.807) is 0 Å². The van der Waals surface area contributed by atoms with Gasteiger partial charge in [0.1, 0.15) is 7.17 Å². The molecule has 7 heteroatoms. The average Bonchev–Trinajstić information content (AvgIpc) is 2.73. The fourth-order valence-corrected chi connectivity index (χ4v) is 5.93. The van der Waals surface area contributed by atoms with Gasteiger partial charge in [-0.05, 0) is 29.9 Å². The van der Waals surface area contributed by atoms with Crippen LogP contribution >= 0.6 is 30.3 Å². The summed E-state index contributed by atoms with van der Waals surface area (Å²) in [4.78, 5) is 12.5. The molecule has 0 amide bonds. The van der Waals surface area contributed by atoms with E-state index in [1.165, 1.54) is 23.2 Å². The Labute approximate surface area is 177 Å². The molecule has 0 atom stereocenters. The van der Waals surface area contributed by atoms with Crippen LogP contribution in [0.25, 0.3) is 0 Å². The molecule has 3 aromatic rings. The number of carbonyl (C=O) groups excluding carboxylic acids is 1. The molecule has 0 N–H and O–H groups in total. The van der Waals surface area contributed by atoms with Crippen LogP contribution < -0.4 is 21.4 Å². The Hall–Kier alpha value is -1.52. The van der Waals surface area contributed by atoms with Gasteiger partial charge in [-0.25, -0.2) is 4.79 Å². The maximum atomic E-state index is 12.5. The number of methoxy groups -OCH3 is 1. The molecule has 132 valence electrons. The zero-order valence-corrected chi connectivity index (χ0v) is 18.3. The molecule has 0 fully saturated rings. The molecule has 3 rings (SSSR count). The summed E-state index contributed by atoms with van der Waals surface area (Å²) in [5.41, 5.74) is 1.93. The zero-order valence-electron chi connectivity index (χ0n) is 15.3. The van der Waals surface area contributed by atoms with Gasteiger partial charge in [0.2, 0.25) is 0 Å². The lowest BCUT2D eigenvalue weighted by atomic mass is 9.26. The van der Waals surface area contributed by atoms with E-state index >= 15 is 0 Å². The number of rotatable bonds is 7. The molecule has 0 bridgehead atoms. The Morgan fingerprint density at radius 2 is 1.52 bits per heavy atom. The first-order valence-electron chi connectivity index (χ1n) is 8.92. The smallest absolute Gasteiger partial charge is 0.338 e. The van der Waals surface area contributed by atoms with Gasteiger partial charge in [-0.1, -0.05) is 78.3 Å². The third-order valence-corrected chi connectivity index (χ3v) is 7.58. The van der Waals surface area contributed by atoms with E-state index in [9.17, 15) is 4.79 Å². The molecular formula is C20H19B3IO2P. The summed E-state index contributed by atoms with van der Waals surface area (Å²) in [6.07, 6.45) is 0. The summed E-state index contributed by atoms with van der Waals surface area (Å²) in [7, 11) is 2.76. The van der Waals surface area contributed by atoms with E-state index in [1.807, 2.05) is 18.2 Å². The molecule has 0 saturated carbocycles. The predicted molar refractivity (Wildman–Crippen MR) is 132 cm³/mol. The number of hydrogen-bond acceptors (Lipinski definition) is 2. The molecule has 27 heavy (non-hydrogen) atoms. The first kappa shape index (κ1) is 20.2. The molecule has 0 radical (unpaired) electrons. The second-order valence-corrected chi connectivity index (χ2v) is 9.41. The van der Waals surface area contributed by atoms with Gasteiger partial charge in [-0.15, -0.1) is 0 Å². The van der Waals surface area contributed by atoms with Crippen LogP contribution in [-0.2, 0) is 4.74 Å². The number of hydrogen-bond donors (Lipinski definition) is 0. The summed E-state index contributed by atoms with van der Waals surface area (Å²) in [6.45, 7) is 0. The van der Waals surface area contributed by atoms with Crippen LogP contribution in [0.2, 0.25) is 0 Å². The van der Waals surface area contributed by atoms with Crippen LogP contribution in [0.15, 0.2) is 78.9 Å². The Kier molecular flexibility index (Phi) is 7.60. The van der Waals surface area contributed by atoms with Crippen LogP contribution in [0.3, 0.4) is 0 Å². The van der Waals surface area contributed by atoms with Crippen molar-refractivity contribution >= 4 is 76.9 Å². The highest BCUT2D eigenvalue weighted by Gasteiger charge is 2.23. The molecule has 0 unspecified atom stereocenters. The van der Waals surface area contributed by atoms with Gasteiger partial charge in [-0.2, -0.15) is 22.4 Å². The molecular weight excluding hydrogens is 463 g/mol. The number of benzene rings is 3. The van der Waals surface area contributed by atoms with Crippen molar-refractivity contribution < 1.29 is 9.53 Å². The molecule has 0 heterocycles. The van der Waals surface area contributed by atoms with Crippen LogP contribution in [0.5, 0.6) is 0 Å².